The molecule has 162 valence electrons. The minimum atomic E-state index is -0.482. The predicted molar refractivity (Wildman–Crippen MR) is 124 cm³/mol. The lowest BCUT2D eigenvalue weighted by Gasteiger charge is -2.14. The van der Waals surface area contributed by atoms with Crippen LogP contribution in [-0.4, -0.2) is 27.1 Å². The first-order chi connectivity index (χ1) is 15.4. The molecule has 0 aliphatic heterocycles. The number of benzene rings is 2. The van der Waals surface area contributed by atoms with Gasteiger partial charge in [-0.3, -0.25) is 21.0 Å². The normalized spacial score (nSPS) is 9.91. The van der Waals surface area contributed by atoms with Gasteiger partial charge in [0.05, 0.1) is 17.7 Å². The van der Waals surface area contributed by atoms with Crippen LogP contribution in [0.1, 0.15) is 11.3 Å². The molecule has 1 aromatic heterocycles. The van der Waals surface area contributed by atoms with Crippen molar-refractivity contribution in [3.63, 3.8) is 0 Å². The monoisotopic (exact) mass is 450 g/mol. The fraction of sp³-hybridized carbons (Fsp3) is 0.100. The lowest BCUT2D eigenvalue weighted by atomic mass is 10.2. The van der Waals surface area contributed by atoms with Crippen LogP contribution in [0.25, 0.3) is 0 Å². The number of methoxy groups -OCH3 is 1. The van der Waals surface area contributed by atoms with Gasteiger partial charge < -0.3 is 15.4 Å². The third-order valence-corrected chi connectivity index (χ3v) is 4.38. The summed E-state index contributed by atoms with van der Waals surface area (Å²) >= 11 is 5.21. The van der Waals surface area contributed by atoms with Crippen molar-refractivity contribution in [2.75, 3.05) is 23.2 Å². The number of hydrazine groups is 1. The highest BCUT2D eigenvalue weighted by atomic mass is 32.1. The molecule has 4 N–H and O–H groups in total. The number of hydrogen-bond donors (Lipinski definition) is 4. The van der Waals surface area contributed by atoms with Crippen LogP contribution < -0.4 is 26.2 Å². The maximum atomic E-state index is 10.7. The van der Waals surface area contributed by atoms with E-state index in [2.05, 4.69) is 37.5 Å². The molecular formula is C20H18N8O3S. The molecule has 0 saturated carbocycles. The van der Waals surface area contributed by atoms with E-state index in [4.69, 9.17) is 17.0 Å². The number of thiocarbonyl (C=S) groups is 1. The minimum Gasteiger partial charge on any atom is -0.497 e. The Labute approximate surface area is 188 Å². The van der Waals surface area contributed by atoms with E-state index in [-0.39, 0.29) is 16.7 Å². The summed E-state index contributed by atoms with van der Waals surface area (Å²) in [4.78, 5) is 18.8. The van der Waals surface area contributed by atoms with Crippen LogP contribution in [0.5, 0.6) is 5.75 Å². The number of anilines is 4. The van der Waals surface area contributed by atoms with Gasteiger partial charge in [0.1, 0.15) is 17.4 Å². The quantitative estimate of drug-likeness (QED) is 0.237. The highest BCUT2D eigenvalue weighted by Gasteiger charge is 2.12. The third kappa shape index (κ3) is 5.55. The number of rotatable bonds is 7. The number of nitriles is 1. The minimum absolute atomic E-state index is 0.0223. The van der Waals surface area contributed by atoms with Crippen LogP contribution in [-0.2, 0) is 0 Å². The van der Waals surface area contributed by atoms with Gasteiger partial charge in [-0.1, -0.05) is 0 Å². The average Bonchev–Trinajstić information content (AvgIpc) is 2.78. The highest BCUT2D eigenvalue weighted by Crippen LogP contribution is 2.23. The molecule has 0 unspecified atom stereocenters. The summed E-state index contributed by atoms with van der Waals surface area (Å²) in [6, 6.07) is 15.1. The summed E-state index contributed by atoms with van der Waals surface area (Å²) in [7, 11) is 1.58. The molecule has 3 aromatic rings. The summed E-state index contributed by atoms with van der Waals surface area (Å²) in [5.74, 6) is 1.21. The van der Waals surface area contributed by atoms with E-state index in [1.165, 1.54) is 24.3 Å². The molecule has 0 atom stereocenters. The Morgan fingerprint density at radius 1 is 1.12 bits per heavy atom. The Morgan fingerprint density at radius 3 is 2.38 bits per heavy atom. The molecule has 0 spiro atoms. The number of non-ortho nitro benzene ring substituents is 1. The van der Waals surface area contributed by atoms with E-state index in [0.29, 0.717) is 28.5 Å². The van der Waals surface area contributed by atoms with E-state index in [9.17, 15) is 15.4 Å². The number of nitro benzene ring substituents is 1. The maximum Gasteiger partial charge on any atom is 0.269 e. The van der Waals surface area contributed by atoms with Crippen molar-refractivity contribution in [1.82, 2.24) is 15.4 Å². The zero-order valence-corrected chi connectivity index (χ0v) is 17.9. The number of ether oxygens (including phenoxy) is 1. The van der Waals surface area contributed by atoms with Gasteiger partial charge in [-0.15, -0.1) is 0 Å². The largest absolute Gasteiger partial charge is 0.497 e. The summed E-state index contributed by atoms with van der Waals surface area (Å²) in [6.07, 6.45) is 0. The van der Waals surface area contributed by atoms with Crippen molar-refractivity contribution in [1.29, 1.82) is 5.26 Å². The molecule has 0 aliphatic carbocycles. The molecular weight excluding hydrogens is 432 g/mol. The van der Waals surface area contributed by atoms with Crippen molar-refractivity contribution in [3.8, 4) is 11.8 Å². The van der Waals surface area contributed by atoms with Crippen LogP contribution in [0.4, 0.5) is 28.8 Å². The van der Waals surface area contributed by atoms with Gasteiger partial charge in [-0.05, 0) is 55.5 Å². The van der Waals surface area contributed by atoms with E-state index in [0.717, 1.165) is 5.69 Å². The molecule has 0 fully saturated rings. The Balaban J connectivity index is 1.68. The van der Waals surface area contributed by atoms with Crippen molar-refractivity contribution in [2.45, 2.75) is 6.92 Å². The summed E-state index contributed by atoms with van der Waals surface area (Å²) in [6.45, 7) is 1.69. The number of nitro groups is 1. The lowest BCUT2D eigenvalue weighted by molar-refractivity contribution is -0.384. The first-order valence-electron chi connectivity index (χ1n) is 9.17. The van der Waals surface area contributed by atoms with Gasteiger partial charge in [0.2, 0.25) is 5.95 Å². The molecule has 0 saturated heterocycles. The Bertz CT molecular complexity index is 1180. The zero-order valence-electron chi connectivity index (χ0n) is 17.0. The fourth-order valence-electron chi connectivity index (χ4n) is 2.61. The van der Waals surface area contributed by atoms with Crippen LogP contribution >= 0.6 is 12.2 Å². The molecule has 0 radical (unpaired) electrons. The molecule has 32 heavy (non-hydrogen) atoms. The predicted octanol–water partition coefficient (Wildman–Crippen LogP) is 3.63. The van der Waals surface area contributed by atoms with Crippen LogP contribution in [0.15, 0.2) is 48.5 Å². The second-order valence-electron chi connectivity index (χ2n) is 6.33. The smallest absolute Gasteiger partial charge is 0.269 e. The lowest BCUT2D eigenvalue weighted by Crippen LogP contribution is -2.34. The first-order valence-corrected chi connectivity index (χ1v) is 9.57. The number of nitrogens with one attached hydrogen (secondary N) is 4. The van der Waals surface area contributed by atoms with E-state index in [1.54, 1.807) is 38.3 Å². The van der Waals surface area contributed by atoms with Gasteiger partial charge in [0.15, 0.2) is 10.9 Å². The van der Waals surface area contributed by atoms with E-state index >= 15 is 0 Å². The molecule has 11 nitrogen and oxygen atoms in total. The SMILES string of the molecule is COc1ccc(Nc2nc(NNC(=S)Nc3ccc([N+](=O)[O-])cc3)nc(C)c2C#N)cc1. The number of nitrogens with zero attached hydrogens (tertiary/aromatic N) is 4. The Morgan fingerprint density at radius 2 is 1.78 bits per heavy atom. The van der Waals surface area contributed by atoms with Gasteiger partial charge in [-0.25, -0.2) is 4.98 Å². The highest BCUT2D eigenvalue weighted by molar-refractivity contribution is 7.80. The van der Waals surface area contributed by atoms with Crippen molar-refractivity contribution in [3.05, 3.63) is 69.9 Å². The molecule has 0 bridgehead atoms. The van der Waals surface area contributed by atoms with Gasteiger partial charge in [-0.2, -0.15) is 10.2 Å². The van der Waals surface area contributed by atoms with Gasteiger partial charge in [0, 0.05) is 23.5 Å². The van der Waals surface area contributed by atoms with E-state index < -0.39 is 4.92 Å². The molecule has 1 heterocycles. The molecule has 0 aliphatic rings. The molecule has 12 heteroatoms. The van der Waals surface area contributed by atoms with Gasteiger partial charge >= 0.3 is 0 Å². The average molecular weight is 450 g/mol. The Kier molecular flexibility index (Phi) is 6.94. The summed E-state index contributed by atoms with van der Waals surface area (Å²) in [5, 5.41) is 26.4. The zero-order chi connectivity index (χ0) is 23.1. The van der Waals surface area contributed by atoms with Crippen molar-refractivity contribution >= 4 is 46.2 Å². The number of aromatic nitrogens is 2. The standard InChI is InChI=1S/C20H18N8O3S/c1-12-17(11-21)18(23-13-5-9-16(31-2)10-6-13)25-19(22-12)26-27-20(32)24-14-3-7-15(8-4-14)28(29)30/h3-10H,1-2H3,(H2,24,27,32)(H2,22,23,25,26). The van der Waals surface area contributed by atoms with Crippen LogP contribution in [0, 0.1) is 28.4 Å². The Hall–Kier alpha value is -4.50. The first kappa shape index (κ1) is 22.2. The van der Waals surface area contributed by atoms with Gasteiger partial charge in [0.25, 0.3) is 5.69 Å². The number of aryl methyl sites for hydroxylation is 1. The second kappa shape index (κ2) is 10.0. The van der Waals surface area contributed by atoms with Crippen LogP contribution in [0.2, 0.25) is 0 Å². The van der Waals surface area contributed by atoms with Crippen molar-refractivity contribution < 1.29 is 9.66 Å². The van der Waals surface area contributed by atoms with Crippen LogP contribution in [0.3, 0.4) is 0 Å². The molecule has 0 amide bonds. The molecule has 2 aromatic carbocycles. The molecule has 3 rings (SSSR count). The second-order valence-corrected chi connectivity index (χ2v) is 6.74. The van der Waals surface area contributed by atoms with E-state index in [1.807, 2.05) is 0 Å². The number of hydrogen-bond acceptors (Lipinski definition) is 9. The summed E-state index contributed by atoms with van der Waals surface area (Å²) < 4.78 is 5.14. The topological polar surface area (TPSA) is 150 Å². The summed E-state index contributed by atoms with van der Waals surface area (Å²) in [5.41, 5.74) is 7.55. The fourth-order valence-corrected chi connectivity index (χ4v) is 2.77. The third-order valence-electron chi connectivity index (χ3n) is 4.18. The maximum absolute atomic E-state index is 10.7. The van der Waals surface area contributed by atoms with Crippen molar-refractivity contribution in [2.24, 2.45) is 0 Å².